The summed E-state index contributed by atoms with van der Waals surface area (Å²) in [5.74, 6) is 1.66. The zero-order valence-electron chi connectivity index (χ0n) is 20.1. The molecule has 5 rings (SSSR count). The van der Waals surface area contributed by atoms with Crippen LogP contribution in [0.2, 0.25) is 0 Å². The van der Waals surface area contributed by atoms with Crippen molar-refractivity contribution in [2.75, 3.05) is 19.0 Å². The standard InChI is InChI=1S/C28H30N4O2/c1-18-16-19(2)25(20(3)17-18)30-28(33)32-15-9-12-23(32)27-29-26(22-11-7-8-14-31(22)27)21-10-5-6-13-24(21)34-4/h5-8,10-11,13-14,16-17,23H,9,12,15H2,1-4H3,(H,30,33). The molecule has 1 saturated heterocycles. The first kappa shape index (κ1) is 22.0. The van der Waals surface area contributed by atoms with Crippen molar-refractivity contribution in [3.8, 4) is 17.0 Å². The minimum Gasteiger partial charge on any atom is -0.496 e. The molecule has 6 nitrogen and oxygen atoms in total. The van der Waals surface area contributed by atoms with Crippen LogP contribution < -0.4 is 10.1 Å². The Labute approximate surface area is 200 Å². The number of amides is 2. The zero-order valence-corrected chi connectivity index (χ0v) is 20.1. The Hall–Kier alpha value is -3.80. The smallest absolute Gasteiger partial charge is 0.322 e. The quantitative estimate of drug-likeness (QED) is 0.393. The first-order chi connectivity index (χ1) is 16.5. The molecular weight excluding hydrogens is 424 g/mol. The Kier molecular flexibility index (Phi) is 5.74. The van der Waals surface area contributed by atoms with Gasteiger partial charge in [-0.2, -0.15) is 0 Å². The van der Waals surface area contributed by atoms with Gasteiger partial charge in [-0.3, -0.25) is 0 Å². The van der Waals surface area contributed by atoms with E-state index in [1.54, 1.807) is 7.11 Å². The van der Waals surface area contributed by atoms with E-state index in [9.17, 15) is 4.79 Å². The maximum atomic E-state index is 13.5. The first-order valence-corrected chi connectivity index (χ1v) is 11.7. The van der Waals surface area contributed by atoms with Crippen molar-refractivity contribution in [2.45, 2.75) is 39.7 Å². The number of rotatable bonds is 4. The average Bonchev–Trinajstić information content (AvgIpc) is 3.46. The van der Waals surface area contributed by atoms with E-state index in [1.165, 1.54) is 5.56 Å². The molecule has 6 heteroatoms. The highest BCUT2D eigenvalue weighted by molar-refractivity contribution is 5.91. The Morgan fingerprint density at radius 3 is 2.56 bits per heavy atom. The molecule has 4 aromatic rings. The van der Waals surface area contributed by atoms with Crippen molar-refractivity contribution in [3.63, 3.8) is 0 Å². The van der Waals surface area contributed by atoms with E-state index in [2.05, 4.69) is 34.8 Å². The van der Waals surface area contributed by atoms with Gasteiger partial charge in [0, 0.05) is 24.0 Å². The molecule has 1 fully saturated rings. The van der Waals surface area contributed by atoms with Gasteiger partial charge in [-0.05, 0) is 69.0 Å². The molecule has 2 amide bonds. The summed E-state index contributed by atoms with van der Waals surface area (Å²) in [6, 6.07) is 18.0. The third-order valence-electron chi connectivity index (χ3n) is 6.66. The lowest BCUT2D eigenvalue weighted by Gasteiger charge is -2.25. The fourth-order valence-corrected chi connectivity index (χ4v) is 5.17. The summed E-state index contributed by atoms with van der Waals surface area (Å²) in [5, 5.41) is 3.18. The number of pyridine rings is 1. The second-order valence-corrected chi connectivity index (χ2v) is 9.03. The fraction of sp³-hybridized carbons (Fsp3) is 0.286. The summed E-state index contributed by atoms with van der Waals surface area (Å²) >= 11 is 0. The molecule has 0 saturated carbocycles. The minimum absolute atomic E-state index is 0.0796. The highest BCUT2D eigenvalue weighted by Crippen LogP contribution is 2.38. The number of benzene rings is 2. The second-order valence-electron chi connectivity index (χ2n) is 9.03. The predicted molar refractivity (Wildman–Crippen MR) is 136 cm³/mol. The van der Waals surface area contributed by atoms with Crippen LogP contribution in [0, 0.1) is 20.8 Å². The van der Waals surface area contributed by atoms with Crippen molar-refractivity contribution in [3.05, 3.63) is 83.3 Å². The number of hydrogen-bond acceptors (Lipinski definition) is 3. The number of likely N-dealkylation sites (tertiary alicyclic amines) is 1. The van der Waals surface area contributed by atoms with Crippen LogP contribution in [-0.2, 0) is 0 Å². The topological polar surface area (TPSA) is 58.9 Å². The number of nitrogens with one attached hydrogen (secondary N) is 1. The van der Waals surface area contributed by atoms with Gasteiger partial charge in [0.1, 0.15) is 17.3 Å². The van der Waals surface area contributed by atoms with E-state index in [0.29, 0.717) is 6.54 Å². The lowest BCUT2D eigenvalue weighted by molar-refractivity contribution is 0.205. The van der Waals surface area contributed by atoms with Gasteiger partial charge in [0.05, 0.1) is 18.7 Å². The zero-order chi connectivity index (χ0) is 23.8. The summed E-state index contributed by atoms with van der Waals surface area (Å²) in [7, 11) is 1.68. The number of carbonyl (C=O) groups excluding carboxylic acids is 1. The number of anilines is 1. The van der Waals surface area contributed by atoms with Gasteiger partial charge >= 0.3 is 6.03 Å². The number of methoxy groups -OCH3 is 1. The minimum atomic E-state index is -0.107. The molecular formula is C28H30N4O2. The van der Waals surface area contributed by atoms with E-state index in [-0.39, 0.29) is 12.1 Å². The van der Waals surface area contributed by atoms with Crippen molar-refractivity contribution < 1.29 is 9.53 Å². The summed E-state index contributed by atoms with van der Waals surface area (Å²) in [6.45, 7) is 6.86. The monoisotopic (exact) mass is 454 g/mol. The van der Waals surface area contributed by atoms with Crippen LogP contribution in [0.5, 0.6) is 5.75 Å². The molecule has 0 spiro atoms. The number of ether oxygens (including phenoxy) is 1. The van der Waals surface area contributed by atoms with E-state index in [0.717, 1.165) is 58.0 Å². The van der Waals surface area contributed by atoms with E-state index in [4.69, 9.17) is 9.72 Å². The van der Waals surface area contributed by atoms with Crippen molar-refractivity contribution in [1.29, 1.82) is 0 Å². The molecule has 1 aliphatic rings. The number of fused-ring (bicyclic) bond motifs is 1. The Morgan fingerprint density at radius 1 is 1.06 bits per heavy atom. The van der Waals surface area contributed by atoms with Gasteiger partial charge in [0.25, 0.3) is 0 Å². The second kappa shape index (κ2) is 8.86. The number of carbonyl (C=O) groups is 1. The number of aryl methyl sites for hydroxylation is 3. The molecule has 3 heterocycles. The van der Waals surface area contributed by atoms with Gasteiger partial charge in [-0.15, -0.1) is 0 Å². The molecule has 0 bridgehead atoms. The van der Waals surface area contributed by atoms with Gasteiger partial charge in [0.2, 0.25) is 0 Å². The SMILES string of the molecule is COc1ccccc1-c1nc(C2CCCN2C(=O)Nc2c(C)cc(C)cc2C)n2ccccc12. The van der Waals surface area contributed by atoms with Crippen molar-refractivity contribution >= 4 is 17.2 Å². The number of nitrogens with zero attached hydrogens (tertiary/aromatic N) is 3. The van der Waals surface area contributed by atoms with Gasteiger partial charge < -0.3 is 19.4 Å². The molecule has 1 unspecified atom stereocenters. The number of imidazole rings is 1. The molecule has 1 atom stereocenters. The van der Waals surface area contributed by atoms with Crippen molar-refractivity contribution in [2.24, 2.45) is 0 Å². The van der Waals surface area contributed by atoms with E-state index >= 15 is 0 Å². The fourth-order valence-electron chi connectivity index (χ4n) is 5.17. The number of urea groups is 1. The summed E-state index contributed by atoms with van der Waals surface area (Å²) in [5.41, 5.74) is 7.05. The predicted octanol–water partition coefficient (Wildman–Crippen LogP) is 6.30. The Balaban J connectivity index is 1.53. The third-order valence-corrected chi connectivity index (χ3v) is 6.66. The van der Waals surface area contributed by atoms with Crippen LogP contribution >= 0.6 is 0 Å². The van der Waals surface area contributed by atoms with Crippen LogP contribution in [0.25, 0.3) is 16.8 Å². The third kappa shape index (κ3) is 3.79. The Bertz CT molecular complexity index is 1350. The molecule has 0 aliphatic carbocycles. The summed E-state index contributed by atoms with van der Waals surface area (Å²) in [6.07, 6.45) is 3.84. The van der Waals surface area contributed by atoms with Crippen LogP contribution in [0.4, 0.5) is 10.5 Å². The summed E-state index contributed by atoms with van der Waals surface area (Å²) in [4.78, 5) is 20.5. The summed E-state index contributed by atoms with van der Waals surface area (Å²) < 4.78 is 7.73. The number of para-hydroxylation sites is 1. The van der Waals surface area contributed by atoms with E-state index in [1.807, 2.05) is 61.3 Å². The number of aromatic nitrogens is 2. The molecule has 1 N–H and O–H groups in total. The highest BCUT2D eigenvalue weighted by atomic mass is 16.5. The van der Waals surface area contributed by atoms with Crippen LogP contribution in [0.3, 0.4) is 0 Å². The van der Waals surface area contributed by atoms with E-state index < -0.39 is 0 Å². The molecule has 174 valence electrons. The van der Waals surface area contributed by atoms with Crippen LogP contribution in [0.15, 0.2) is 60.8 Å². The lowest BCUT2D eigenvalue weighted by Crippen LogP contribution is -2.35. The maximum Gasteiger partial charge on any atom is 0.322 e. The van der Waals surface area contributed by atoms with Gasteiger partial charge in [-0.1, -0.05) is 35.9 Å². The molecule has 34 heavy (non-hydrogen) atoms. The van der Waals surface area contributed by atoms with Crippen LogP contribution in [-0.4, -0.2) is 34.0 Å². The molecule has 1 aliphatic heterocycles. The Morgan fingerprint density at radius 2 is 1.79 bits per heavy atom. The van der Waals surface area contributed by atoms with Crippen LogP contribution in [0.1, 0.15) is 41.4 Å². The average molecular weight is 455 g/mol. The number of hydrogen-bond donors (Lipinski definition) is 1. The van der Waals surface area contributed by atoms with Gasteiger partial charge in [-0.25, -0.2) is 9.78 Å². The normalized spacial score (nSPS) is 15.6. The maximum absolute atomic E-state index is 13.5. The molecule has 2 aromatic heterocycles. The highest BCUT2D eigenvalue weighted by Gasteiger charge is 2.34. The lowest BCUT2D eigenvalue weighted by atomic mass is 10.1. The van der Waals surface area contributed by atoms with Crippen molar-refractivity contribution in [1.82, 2.24) is 14.3 Å². The largest absolute Gasteiger partial charge is 0.496 e. The molecule has 0 radical (unpaired) electrons. The first-order valence-electron chi connectivity index (χ1n) is 11.7. The molecule has 2 aromatic carbocycles. The van der Waals surface area contributed by atoms with Gasteiger partial charge in [0.15, 0.2) is 0 Å².